The molecule has 92 valence electrons. The van der Waals surface area contributed by atoms with Crippen LogP contribution < -0.4 is 5.73 Å². The molecule has 0 aliphatic rings. The fraction of sp³-hybridized carbons (Fsp3) is 0.0714. The number of benzene rings is 1. The Labute approximate surface area is 104 Å². The van der Waals surface area contributed by atoms with Crippen LogP contribution >= 0.6 is 0 Å². The lowest BCUT2D eigenvalue weighted by molar-refractivity contribution is -0.131. The van der Waals surface area contributed by atoms with E-state index in [1.807, 2.05) is 19.1 Å². The van der Waals surface area contributed by atoms with Gasteiger partial charge in [-0.05, 0) is 48.9 Å². The van der Waals surface area contributed by atoms with Crippen LogP contribution in [0.25, 0.3) is 17.4 Å². The third-order valence-electron chi connectivity index (χ3n) is 2.53. The lowest BCUT2D eigenvalue weighted by Crippen LogP contribution is -1.87. The molecule has 0 unspecified atom stereocenters. The van der Waals surface area contributed by atoms with E-state index in [4.69, 9.17) is 15.3 Å². The van der Waals surface area contributed by atoms with Crippen LogP contribution in [0.15, 0.2) is 40.8 Å². The van der Waals surface area contributed by atoms with E-state index in [-0.39, 0.29) is 0 Å². The van der Waals surface area contributed by atoms with E-state index in [1.165, 1.54) is 6.08 Å². The maximum absolute atomic E-state index is 10.4. The average molecular weight is 243 g/mol. The monoisotopic (exact) mass is 243 g/mol. The van der Waals surface area contributed by atoms with Crippen molar-refractivity contribution < 1.29 is 14.3 Å². The summed E-state index contributed by atoms with van der Waals surface area (Å²) in [5.41, 5.74) is 8.34. The third-order valence-corrected chi connectivity index (χ3v) is 2.53. The molecule has 2 rings (SSSR count). The summed E-state index contributed by atoms with van der Waals surface area (Å²) in [5.74, 6) is 0.192. The summed E-state index contributed by atoms with van der Waals surface area (Å²) in [7, 11) is 0. The maximum Gasteiger partial charge on any atom is 0.328 e. The van der Waals surface area contributed by atoms with Crippen molar-refractivity contribution in [2.45, 2.75) is 6.92 Å². The number of nitrogen functional groups attached to an aromatic ring is 1. The summed E-state index contributed by atoms with van der Waals surface area (Å²) >= 11 is 0. The topological polar surface area (TPSA) is 76.5 Å². The molecule has 0 spiro atoms. The number of furan rings is 1. The van der Waals surface area contributed by atoms with E-state index in [0.29, 0.717) is 17.2 Å². The van der Waals surface area contributed by atoms with Crippen molar-refractivity contribution in [1.82, 2.24) is 0 Å². The minimum Gasteiger partial charge on any atom is -0.478 e. The van der Waals surface area contributed by atoms with Gasteiger partial charge in [-0.2, -0.15) is 0 Å². The first-order valence-corrected chi connectivity index (χ1v) is 5.43. The van der Waals surface area contributed by atoms with Gasteiger partial charge >= 0.3 is 5.97 Å². The maximum atomic E-state index is 10.4. The fourth-order valence-electron chi connectivity index (χ4n) is 1.70. The van der Waals surface area contributed by atoms with Gasteiger partial charge in [-0.3, -0.25) is 0 Å². The normalized spacial score (nSPS) is 10.9. The Morgan fingerprint density at radius 1 is 1.33 bits per heavy atom. The summed E-state index contributed by atoms with van der Waals surface area (Å²) in [5, 5.41) is 8.53. The van der Waals surface area contributed by atoms with E-state index >= 15 is 0 Å². The number of aryl methyl sites for hydroxylation is 1. The Hall–Kier alpha value is -2.49. The van der Waals surface area contributed by atoms with Gasteiger partial charge in [0.1, 0.15) is 11.5 Å². The molecular formula is C14H13NO3. The summed E-state index contributed by atoms with van der Waals surface area (Å²) in [6, 6.07) is 9.08. The van der Waals surface area contributed by atoms with Crippen molar-refractivity contribution in [1.29, 1.82) is 0 Å². The molecule has 0 aliphatic carbocycles. The number of nitrogens with two attached hydrogens (primary N) is 1. The zero-order valence-corrected chi connectivity index (χ0v) is 9.88. The molecule has 3 N–H and O–H groups in total. The number of hydrogen-bond donors (Lipinski definition) is 2. The largest absolute Gasteiger partial charge is 0.478 e. The molecule has 2 aromatic rings. The Kier molecular flexibility index (Phi) is 3.19. The van der Waals surface area contributed by atoms with Gasteiger partial charge in [0, 0.05) is 17.3 Å². The highest BCUT2D eigenvalue weighted by atomic mass is 16.4. The molecular weight excluding hydrogens is 230 g/mol. The first-order chi connectivity index (χ1) is 8.56. The van der Waals surface area contributed by atoms with Gasteiger partial charge in [0.2, 0.25) is 0 Å². The zero-order chi connectivity index (χ0) is 13.1. The molecule has 4 nitrogen and oxygen atoms in total. The predicted molar refractivity (Wildman–Crippen MR) is 70.0 cm³/mol. The molecule has 0 amide bonds. The van der Waals surface area contributed by atoms with E-state index in [2.05, 4.69) is 0 Å². The molecule has 0 radical (unpaired) electrons. The van der Waals surface area contributed by atoms with Crippen LogP contribution in [0, 0.1) is 6.92 Å². The van der Waals surface area contributed by atoms with Crippen molar-refractivity contribution >= 4 is 17.7 Å². The van der Waals surface area contributed by atoms with Gasteiger partial charge < -0.3 is 15.3 Å². The molecule has 4 heteroatoms. The number of aliphatic carboxylic acids is 1. The second-order valence-electron chi connectivity index (χ2n) is 3.95. The van der Waals surface area contributed by atoms with Crippen LogP contribution in [0.4, 0.5) is 5.69 Å². The van der Waals surface area contributed by atoms with Crippen LogP contribution in [0.2, 0.25) is 0 Å². The Bertz CT molecular complexity index is 611. The first-order valence-electron chi connectivity index (χ1n) is 5.43. The first kappa shape index (κ1) is 12.0. The van der Waals surface area contributed by atoms with Gasteiger partial charge in [0.05, 0.1) is 0 Å². The van der Waals surface area contributed by atoms with Crippen LogP contribution in [0.1, 0.15) is 11.3 Å². The molecule has 0 saturated carbocycles. The molecule has 1 heterocycles. The molecule has 0 atom stereocenters. The van der Waals surface area contributed by atoms with Gasteiger partial charge in [-0.25, -0.2) is 4.79 Å². The minimum absolute atomic E-state index is 0.503. The Balaban J connectivity index is 2.32. The highest BCUT2D eigenvalue weighted by Gasteiger charge is 2.06. The standard InChI is InChI=1S/C14H13NO3/c1-9-8-10(15)2-5-12(9)13-6-3-11(18-13)4-7-14(16)17/h2-8H,15H2,1H3,(H,16,17)/b7-4+. The van der Waals surface area contributed by atoms with Crippen LogP contribution in [-0.4, -0.2) is 11.1 Å². The predicted octanol–water partition coefficient (Wildman–Crippen LogP) is 2.94. The summed E-state index contributed by atoms with van der Waals surface area (Å²) < 4.78 is 5.55. The smallest absolute Gasteiger partial charge is 0.328 e. The minimum atomic E-state index is -1.00. The number of hydrogen-bond acceptors (Lipinski definition) is 3. The Morgan fingerprint density at radius 3 is 2.78 bits per heavy atom. The van der Waals surface area contributed by atoms with Crippen LogP contribution in [0.3, 0.4) is 0 Å². The fourth-order valence-corrected chi connectivity index (χ4v) is 1.70. The highest BCUT2D eigenvalue weighted by Crippen LogP contribution is 2.27. The van der Waals surface area contributed by atoms with Crippen molar-refractivity contribution in [3.63, 3.8) is 0 Å². The van der Waals surface area contributed by atoms with Crippen molar-refractivity contribution in [2.24, 2.45) is 0 Å². The van der Waals surface area contributed by atoms with Crippen LogP contribution in [-0.2, 0) is 4.79 Å². The molecule has 0 fully saturated rings. The molecule has 18 heavy (non-hydrogen) atoms. The van der Waals surface area contributed by atoms with Gasteiger partial charge in [-0.15, -0.1) is 0 Å². The van der Waals surface area contributed by atoms with E-state index < -0.39 is 5.97 Å². The summed E-state index contributed by atoms with van der Waals surface area (Å²) in [4.78, 5) is 10.4. The zero-order valence-electron chi connectivity index (χ0n) is 9.88. The highest BCUT2D eigenvalue weighted by molar-refractivity contribution is 5.84. The van der Waals surface area contributed by atoms with Gasteiger partial charge in [0.25, 0.3) is 0 Å². The number of carbonyl (C=O) groups is 1. The number of anilines is 1. The van der Waals surface area contributed by atoms with Crippen molar-refractivity contribution in [2.75, 3.05) is 5.73 Å². The van der Waals surface area contributed by atoms with E-state index in [1.54, 1.807) is 18.2 Å². The SMILES string of the molecule is Cc1cc(N)ccc1-c1ccc(/C=C/C(=O)O)o1. The summed E-state index contributed by atoms with van der Waals surface area (Å²) in [6.07, 6.45) is 2.46. The van der Waals surface area contributed by atoms with Crippen molar-refractivity contribution in [3.05, 3.63) is 47.7 Å². The number of carboxylic acid groups (broad SMARTS) is 1. The lowest BCUT2D eigenvalue weighted by atomic mass is 10.1. The number of carboxylic acids is 1. The third kappa shape index (κ3) is 2.60. The lowest BCUT2D eigenvalue weighted by Gasteiger charge is -2.03. The molecule has 1 aromatic carbocycles. The molecule has 1 aromatic heterocycles. The van der Waals surface area contributed by atoms with Gasteiger partial charge in [-0.1, -0.05) is 0 Å². The molecule has 0 aliphatic heterocycles. The summed E-state index contributed by atoms with van der Waals surface area (Å²) in [6.45, 7) is 1.95. The van der Waals surface area contributed by atoms with Crippen LogP contribution in [0.5, 0.6) is 0 Å². The number of rotatable bonds is 3. The average Bonchev–Trinajstić information content (AvgIpc) is 2.75. The van der Waals surface area contributed by atoms with Crippen molar-refractivity contribution in [3.8, 4) is 11.3 Å². The second-order valence-corrected chi connectivity index (χ2v) is 3.95. The Morgan fingerprint density at radius 2 is 2.11 bits per heavy atom. The molecule has 0 saturated heterocycles. The molecule has 0 bridgehead atoms. The van der Waals surface area contributed by atoms with Gasteiger partial charge in [0.15, 0.2) is 0 Å². The van der Waals surface area contributed by atoms with E-state index in [0.717, 1.165) is 17.2 Å². The quantitative estimate of drug-likeness (QED) is 0.641. The second kappa shape index (κ2) is 4.79. The van der Waals surface area contributed by atoms with E-state index in [9.17, 15) is 4.79 Å².